The van der Waals surface area contributed by atoms with Crippen LogP contribution in [0.25, 0.3) is 0 Å². The summed E-state index contributed by atoms with van der Waals surface area (Å²) < 4.78 is 121. The minimum Gasteiger partial charge on any atom is -0.748 e. The molecule has 0 heterocycles. The Bertz CT molecular complexity index is 400. The Kier molecular flexibility index (Phi) is 11.8. The Morgan fingerprint density at radius 2 is 1.23 bits per heavy atom. The topological polar surface area (TPSA) is 57.2 Å². The van der Waals surface area contributed by atoms with Gasteiger partial charge in [0.2, 0.25) is 0 Å². The van der Waals surface area contributed by atoms with Crippen molar-refractivity contribution in [2.45, 2.75) is 49.9 Å². The molecule has 0 spiro atoms. The van der Waals surface area contributed by atoms with Gasteiger partial charge in [-0.2, -0.15) is 0 Å². The molecule has 0 radical (unpaired) electrons. The Labute approximate surface area is 135 Å². The van der Waals surface area contributed by atoms with Crippen LogP contribution < -0.4 is 18.9 Å². The van der Waals surface area contributed by atoms with Crippen molar-refractivity contribution in [1.82, 2.24) is 0 Å². The summed E-state index contributed by atoms with van der Waals surface area (Å²) in [5, 5.41) is 0. The van der Waals surface area contributed by atoms with Gasteiger partial charge in [0.1, 0.15) is 12.3 Å². The predicted molar refractivity (Wildman–Crippen MR) is 59.1 cm³/mol. The summed E-state index contributed by atoms with van der Waals surface area (Å²) >= 11 is 0. The predicted octanol–water partition coefficient (Wildman–Crippen LogP) is -0.686. The fourth-order valence-electron chi connectivity index (χ4n) is 1.47. The maximum atomic E-state index is 13.2. The molecule has 0 bridgehead atoms. The molecule has 6 atom stereocenters. The van der Waals surface area contributed by atoms with Crippen molar-refractivity contribution in [3.05, 3.63) is 0 Å². The van der Waals surface area contributed by atoms with E-state index in [1.807, 2.05) is 0 Å². The number of hydrogen-bond acceptors (Lipinski definition) is 3. The van der Waals surface area contributed by atoms with Crippen molar-refractivity contribution in [1.29, 1.82) is 0 Å². The molecule has 0 aliphatic carbocycles. The van der Waals surface area contributed by atoms with Crippen molar-refractivity contribution in [3.8, 4) is 0 Å². The van der Waals surface area contributed by atoms with E-state index in [1.165, 1.54) is 0 Å². The van der Waals surface area contributed by atoms with Crippen molar-refractivity contribution in [2.24, 2.45) is 0 Å². The van der Waals surface area contributed by atoms with Gasteiger partial charge in [-0.25, -0.2) is 34.8 Å². The SMILES string of the molecule is O=S(=O)([O-])CC(F)C(F)C(F)C(F)C(F)C(F)CCCF.[Li+]. The van der Waals surface area contributed by atoms with Gasteiger partial charge in [0.15, 0.2) is 24.7 Å². The van der Waals surface area contributed by atoms with E-state index in [0.717, 1.165) is 0 Å². The zero-order valence-electron chi connectivity index (χ0n) is 11.6. The zero-order valence-corrected chi connectivity index (χ0v) is 12.4. The van der Waals surface area contributed by atoms with Crippen molar-refractivity contribution in [3.63, 3.8) is 0 Å². The Balaban J connectivity index is 0. The van der Waals surface area contributed by atoms with Crippen LogP contribution in [0.3, 0.4) is 0 Å². The van der Waals surface area contributed by atoms with E-state index >= 15 is 0 Å². The van der Waals surface area contributed by atoms with Gasteiger partial charge in [-0.3, -0.25) is 4.39 Å². The van der Waals surface area contributed by atoms with Crippen LogP contribution >= 0.6 is 0 Å². The van der Waals surface area contributed by atoms with Crippen LogP contribution in [0.15, 0.2) is 0 Å². The average molecular weight is 354 g/mol. The van der Waals surface area contributed by atoms with Gasteiger partial charge in [0.25, 0.3) is 0 Å². The Morgan fingerprint density at radius 3 is 1.59 bits per heavy atom. The second kappa shape index (κ2) is 10.7. The smallest absolute Gasteiger partial charge is 0.748 e. The number of hydrogen-bond donors (Lipinski definition) is 0. The molecule has 128 valence electrons. The van der Waals surface area contributed by atoms with E-state index in [-0.39, 0.29) is 18.9 Å². The summed E-state index contributed by atoms with van der Waals surface area (Å²) in [5.41, 5.74) is 0. The van der Waals surface area contributed by atoms with Crippen LogP contribution in [0.2, 0.25) is 0 Å². The van der Waals surface area contributed by atoms with Gasteiger partial charge in [-0.05, 0) is 12.8 Å². The van der Waals surface area contributed by atoms with Crippen LogP contribution in [0.1, 0.15) is 12.8 Å². The van der Waals surface area contributed by atoms with Gasteiger partial charge in [0, 0.05) is 0 Å². The maximum Gasteiger partial charge on any atom is 1.00 e. The molecule has 0 saturated carbocycles. The van der Waals surface area contributed by atoms with Crippen LogP contribution in [0.4, 0.5) is 30.7 Å². The molecule has 22 heavy (non-hydrogen) atoms. The summed E-state index contributed by atoms with van der Waals surface area (Å²) in [4.78, 5) is 0. The monoisotopic (exact) mass is 354 g/mol. The van der Waals surface area contributed by atoms with E-state index in [1.54, 1.807) is 0 Å². The van der Waals surface area contributed by atoms with Crippen LogP contribution in [0.5, 0.6) is 0 Å². The van der Waals surface area contributed by atoms with Gasteiger partial charge in [0.05, 0.1) is 22.5 Å². The fraction of sp³-hybridized carbons (Fsp3) is 1.00. The van der Waals surface area contributed by atoms with Crippen LogP contribution in [0, 0.1) is 0 Å². The van der Waals surface area contributed by atoms with Gasteiger partial charge in [-0.1, -0.05) is 0 Å². The first kappa shape index (κ1) is 24.3. The van der Waals surface area contributed by atoms with Gasteiger partial charge in [-0.15, -0.1) is 0 Å². The zero-order chi connectivity index (χ0) is 16.8. The molecular weight excluding hydrogens is 340 g/mol. The largest absolute Gasteiger partial charge is 1.00 e. The van der Waals surface area contributed by atoms with E-state index in [4.69, 9.17) is 0 Å². The number of halogens is 7. The molecule has 0 aromatic carbocycles. The first-order valence-corrected chi connectivity index (χ1v) is 7.43. The van der Waals surface area contributed by atoms with Crippen LogP contribution in [-0.2, 0) is 10.1 Å². The second-order valence-electron chi connectivity index (χ2n) is 4.37. The molecule has 0 aliphatic rings. The van der Waals surface area contributed by atoms with E-state index in [0.29, 0.717) is 0 Å². The van der Waals surface area contributed by atoms with E-state index in [9.17, 15) is 43.7 Å². The Hall–Kier alpha value is 0.0174. The molecule has 0 aromatic heterocycles. The molecule has 0 saturated heterocycles. The third-order valence-electron chi connectivity index (χ3n) is 2.58. The van der Waals surface area contributed by atoms with Crippen LogP contribution in [-0.4, -0.2) is 62.4 Å². The molecule has 0 rings (SSSR count). The normalized spacial score (nSPS) is 20.4. The first-order chi connectivity index (χ1) is 9.51. The summed E-state index contributed by atoms with van der Waals surface area (Å²) in [5.74, 6) is -1.96. The van der Waals surface area contributed by atoms with Gasteiger partial charge < -0.3 is 4.55 Å². The summed E-state index contributed by atoms with van der Waals surface area (Å²) in [7, 11) is -5.24. The number of alkyl halides is 7. The molecular formula is C10H14F7LiO3S. The van der Waals surface area contributed by atoms with E-state index < -0.39 is 72.4 Å². The quantitative estimate of drug-likeness (QED) is 0.297. The fourth-order valence-corrected chi connectivity index (χ4v) is 2.04. The van der Waals surface area contributed by atoms with Gasteiger partial charge >= 0.3 is 18.9 Å². The Morgan fingerprint density at radius 1 is 0.818 bits per heavy atom. The molecule has 0 aliphatic heterocycles. The third-order valence-corrected chi connectivity index (χ3v) is 3.31. The summed E-state index contributed by atoms with van der Waals surface area (Å²) in [6.07, 6.45) is -20.6. The molecule has 3 nitrogen and oxygen atoms in total. The molecule has 0 aromatic rings. The second-order valence-corrected chi connectivity index (χ2v) is 5.81. The molecule has 0 amide bonds. The maximum absolute atomic E-state index is 13.2. The summed E-state index contributed by atoms with van der Waals surface area (Å²) in [6, 6.07) is 0. The van der Waals surface area contributed by atoms with Crippen molar-refractivity contribution >= 4 is 10.1 Å². The molecule has 0 fully saturated rings. The first-order valence-electron chi connectivity index (χ1n) is 5.85. The van der Waals surface area contributed by atoms with Crippen molar-refractivity contribution < 1.29 is 62.6 Å². The summed E-state index contributed by atoms with van der Waals surface area (Å²) in [6.45, 7) is -1.03. The minimum absolute atomic E-state index is 0. The minimum atomic E-state index is -5.24. The molecule has 12 heteroatoms. The molecule has 0 N–H and O–H groups in total. The third kappa shape index (κ3) is 8.60. The van der Waals surface area contributed by atoms with Crippen molar-refractivity contribution in [2.75, 3.05) is 12.4 Å². The standard InChI is InChI=1S/C10H15F7O3S.Li/c11-3-1-2-5(12)7(14)9(16)10(17)8(15)6(13)4-21(18,19)20;/h5-10H,1-4H2,(H,18,19,20);/q;+1/p-1. The number of rotatable bonds is 10. The average Bonchev–Trinajstić information content (AvgIpc) is 2.39. The van der Waals surface area contributed by atoms with E-state index in [2.05, 4.69) is 0 Å². The molecule has 6 unspecified atom stereocenters.